The van der Waals surface area contributed by atoms with Crippen molar-refractivity contribution in [2.75, 3.05) is 11.5 Å². The second-order valence-corrected chi connectivity index (χ2v) is 43.3. The molecule has 0 bridgehead atoms. The summed E-state index contributed by atoms with van der Waals surface area (Å²) < 4.78 is 6.35. The molecule has 11 rings (SSSR count). The fourth-order valence-corrected chi connectivity index (χ4v) is 19.5. The maximum Gasteiger partial charge on any atom is 0.495 e. The third-order valence-corrected chi connectivity index (χ3v) is 26.0. The Balaban J connectivity index is 0.000000250. The predicted molar refractivity (Wildman–Crippen MR) is 454 cm³/mol. The molecule has 35 heteroatoms. The molecule has 513 valence electrons. The fourth-order valence-electron chi connectivity index (χ4n) is 9.19. The molecule has 0 saturated heterocycles. The molecule has 0 unspecified atom stereocenters. The topological polar surface area (TPSA) is 265 Å². The Morgan fingerprint density at radius 1 is 0.455 bits per heavy atom. The number of rotatable bonds is 8. The molecule has 1 aliphatic heterocycles. The van der Waals surface area contributed by atoms with Crippen molar-refractivity contribution in [3.63, 3.8) is 0 Å². The summed E-state index contributed by atoms with van der Waals surface area (Å²) in [5.41, 5.74) is 18.8. The highest BCUT2D eigenvalue weighted by Gasteiger charge is 2.40. The lowest BCUT2D eigenvalue weighted by Gasteiger charge is -2.20. The maximum atomic E-state index is 11.2. The van der Waals surface area contributed by atoms with E-state index in [2.05, 4.69) is 196 Å². The van der Waals surface area contributed by atoms with Crippen molar-refractivity contribution >= 4 is 301 Å². The van der Waals surface area contributed by atoms with E-state index < -0.39 is 41.6 Å². The molecule has 6 N–H and O–H groups in total. The second kappa shape index (κ2) is 39.9. The SMILES string of the molecule is C[Si](C)(Cl)Cl.C[Si]1(C)c2ccccc2-c2c(Cl)ccc(Br)c21.Clc1ccc(Br)c(I)c1-c1ccccc1I.Nc1ccccc1-c1c(Cl)ccc(Br)c1N.O=[N+]([O-])c1c(Br)ccc(Cl)c1Br.O=[N+]([O-])c1ccccc1-c1c(Cl)ccc(Br)c1[N+](=O)[O-].O=[N+]([O-])c1ccccc1B(O)O.[B]. The van der Waals surface area contributed by atoms with E-state index >= 15 is 0 Å². The quantitative estimate of drug-likeness (QED) is 0.0210. The molecule has 0 amide bonds. The summed E-state index contributed by atoms with van der Waals surface area (Å²) in [5, 5.41) is 66.0. The fraction of sp³-hybridized carbons (Fsp3) is 0.0625. The summed E-state index contributed by atoms with van der Waals surface area (Å²) in [4.78, 5) is 40.7. The first-order valence-electron chi connectivity index (χ1n) is 27.5. The highest BCUT2D eigenvalue weighted by atomic mass is 127. The maximum absolute atomic E-state index is 11.2. The van der Waals surface area contributed by atoms with E-state index in [0.717, 1.165) is 39.3 Å². The number of nitro benzene ring substituents is 4. The first-order valence-corrected chi connectivity index (χ1v) is 44.3. The van der Waals surface area contributed by atoms with Gasteiger partial charge in [0.05, 0.1) is 66.0 Å². The lowest BCUT2D eigenvalue weighted by molar-refractivity contribution is -0.386. The minimum Gasteiger partial charge on any atom is -0.423 e. The van der Waals surface area contributed by atoms with E-state index in [1.807, 2.05) is 73.8 Å². The number of nitrogen functional groups attached to an aromatic ring is 2. The van der Waals surface area contributed by atoms with Crippen LogP contribution in [0, 0.1) is 47.6 Å². The molecule has 0 fully saturated rings. The highest BCUT2D eigenvalue weighted by Crippen LogP contribution is 2.46. The van der Waals surface area contributed by atoms with Gasteiger partial charge in [0.15, 0.2) is 0 Å². The van der Waals surface area contributed by atoms with E-state index in [1.165, 1.54) is 95.8 Å². The van der Waals surface area contributed by atoms with Crippen LogP contribution >= 0.6 is 221 Å². The van der Waals surface area contributed by atoms with Crippen molar-refractivity contribution in [3.05, 3.63) is 282 Å². The van der Waals surface area contributed by atoms with Gasteiger partial charge in [0, 0.05) is 79.1 Å². The number of fused-ring (bicyclic) bond motifs is 3. The van der Waals surface area contributed by atoms with Crippen LogP contribution in [0.1, 0.15) is 0 Å². The Bertz CT molecular complexity index is 4540. The van der Waals surface area contributed by atoms with Crippen LogP contribution in [-0.4, -0.2) is 60.0 Å². The third-order valence-electron chi connectivity index (χ3n) is 13.4. The molecule has 10 aromatic rings. The lowest BCUT2D eigenvalue weighted by Crippen LogP contribution is -2.49. The van der Waals surface area contributed by atoms with Crippen molar-refractivity contribution in [2.45, 2.75) is 26.2 Å². The lowest BCUT2D eigenvalue weighted by atomic mass is 9.79. The third kappa shape index (κ3) is 23.6. The predicted octanol–water partition coefficient (Wildman–Crippen LogP) is 23.2. The van der Waals surface area contributed by atoms with Crippen molar-refractivity contribution in [2.24, 2.45) is 0 Å². The van der Waals surface area contributed by atoms with Crippen LogP contribution in [0.3, 0.4) is 0 Å². The van der Waals surface area contributed by atoms with Gasteiger partial charge in [0.25, 0.3) is 22.7 Å². The molecule has 99 heavy (non-hydrogen) atoms. The number of anilines is 2. The van der Waals surface area contributed by atoms with E-state index in [0.29, 0.717) is 30.4 Å². The molecule has 1 heterocycles. The molecule has 0 aliphatic carbocycles. The number of hydrogen-bond acceptors (Lipinski definition) is 12. The largest absolute Gasteiger partial charge is 0.495 e. The van der Waals surface area contributed by atoms with Crippen molar-refractivity contribution in [1.29, 1.82) is 0 Å². The Hall–Kier alpha value is -3.75. The summed E-state index contributed by atoms with van der Waals surface area (Å²) >= 11 is 65.8. The van der Waals surface area contributed by atoms with E-state index in [-0.39, 0.29) is 57.2 Å². The normalized spacial score (nSPS) is 11.1. The number of nitro groups is 4. The zero-order valence-corrected chi connectivity index (χ0v) is 72.4. The first-order chi connectivity index (χ1) is 45.8. The molecule has 16 nitrogen and oxygen atoms in total. The molecule has 0 spiro atoms. The van der Waals surface area contributed by atoms with Gasteiger partial charge in [-0.15, -0.1) is 22.2 Å². The van der Waals surface area contributed by atoms with Crippen LogP contribution in [0.5, 0.6) is 0 Å². The second-order valence-electron chi connectivity index (χ2n) is 20.8. The van der Waals surface area contributed by atoms with Gasteiger partial charge in [-0.25, -0.2) is 0 Å². The minimum absolute atomic E-state index is 0. The van der Waals surface area contributed by atoms with Crippen molar-refractivity contribution in [3.8, 4) is 44.5 Å². The van der Waals surface area contributed by atoms with Gasteiger partial charge in [-0.05, 0) is 238 Å². The molecule has 1 aliphatic rings. The van der Waals surface area contributed by atoms with Gasteiger partial charge < -0.3 is 21.5 Å². The smallest absolute Gasteiger partial charge is 0.423 e. The minimum atomic E-state index is -1.80. The Morgan fingerprint density at radius 2 is 0.848 bits per heavy atom. The van der Waals surface area contributed by atoms with Gasteiger partial charge in [0.1, 0.15) is 12.5 Å². The summed E-state index contributed by atoms with van der Waals surface area (Å²) in [6, 6.07) is 53.2. The summed E-state index contributed by atoms with van der Waals surface area (Å²) in [6.07, 6.45) is 0. The molecule has 0 saturated carbocycles. The van der Waals surface area contributed by atoms with Crippen LogP contribution in [0.15, 0.2) is 209 Å². The summed E-state index contributed by atoms with van der Waals surface area (Å²) in [5.74, 6) is 0. The van der Waals surface area contributed by atoms with Gasteiger partial charge >= 0.3 is 7.12 Å². The summed E-state index contributed by atoms with van der Waals surface area (Å²) in [6.45, 7) is 6.82. The van der Waals surface area contributed by atoms with Crippen LogP contribution in [0.2, 0.25) is 51.3 Å². The molecule has 10 aromatic carbocycles. The van der Waals surface area contributed by atoms with Crippen LogP contribution in [0.4, 0.5) is 34.1 Å². The number of nitrogens with two attached hydrogens (primary N) is 2. The van der Waals surface area contributed by atoms with Gasteiger partial charge in [-0.3, -0.25) is 40.5 Å². The van der Waals surface area contributed by atoms with Crippen LogP contribution in [0.25, 0.3) is 44.5 Å². The Labute approximate surface area is 686 Å². The average molecular weight is 2120 g/mol. The molecule has 3 radical (unpaired) electrons. The molecule has 0 aromatic heterocycles. The number of nitrogens with zero attached hydrogens (tertiary/aromatic N) is 4. The standard InChI is InChI=1S/C14H12BrClSi.C12H6BrClI2.C12H6BrClN2O4.C12H10BrClN2.C6H6BNO4.C6H2Br2ClNO2.C2H6Cl2Si.B/c1-17(2)12-6-4-3-5-9(12)13-11(16)8-7-10(15)14(13)17;13-8-5-6-9(14)11(12(8)16)7-3-1-2-4-10(7)15;13-8-5-6-9(14)11(12(8)16(19)20)7-3-1-2-4-10(7)15(17)18;13-8-5-6-9(14)11(12(8)16)7-3-1-2-4-10(7)15;9-7(10)5-3-1-2-4-6(5)8(11)12;7-3-1-2-4(9)5(8)6(3)10(11)12;1-5(2,3)4;/h3-8H,1-2H3;1-6H;1-6H;1-6H,15-16H2;1-4,9-10H;1-2H;1-2H3;. The first kappa shape index (κ1) is 87.7. The van der Waals surface area contributed by atoms with Gasteiger partial charge in [0.2, 0.25) is 6.69 Å². The number of halogens is 15. The van der Waals surface area contributed by atoms with Gasteiger partial charge in [-0.1, -0.05) is 178 Å². The monoisotopic (exact) mass is 2110 g/mol. The zero-order chi connectivity index (χ0) is 73.4. The van der Waals surface area contributed by atoms with E-state index in [1.54, 1.807) is 18.2 Å². The Morgan fingerprint density at radius 3 is 1.34 bits per heavy atom. The van der Waals surface area contributed by atoms with Crippen molar-refractivity contribution in [1.82, 2.24) is 0 Å². The van der Waals surface area contributed by atoms with E-state index in [4.69, 9.17) is 102 Å². The number of para-hydroxylation sites is 3. The van der Waals surface area contributed by atoms with E-state index in [9.17, 15) is 40.5 Å². The van der Waals surface area contributed by atoms with Gasteiger partial charge in [-0.2, -0.15) is 0 Å². The average Bonchev–Trinajstić information content (AvgIpc) is 1.54. The number of hydrogen-bond donors (Lipinski definition) is 4. The molecular weight excluding hydrogens is 2070 g/mol. The van der Waals surface area contributed by atoms with Crippen molar-refractivity contribution < 1.29 is 29.7 Å². The number of benzene rings is 10. The zero-order valence-electron chi connectivity index (χ0n) is 51.2. The molecule has 0 atom stereocenters. The Kier molecular flexibility index (Phi) is 35.4. The summed E-state index contributed by atoms with van der Waals surface area (Å²) in [7, 11) is -3.39. The van der Waals surface area contributed by atoms with Crippen LogP contribution < -0.4 is 27.3 Å². The highest BCUT2D eigenvalue weighted by molar-refractivity contribution is 14.1. The molecular formula is C64H48B2Br6Cl7I2N6O10Si2. The van der Waals surface area contributed by atoms with Crippen LogP contribution in [-0.2, 0) is 0 Å².